The summed E-state index contributed by atoms with van der Waals surface area (Å²) in [5.74, 6) is 0.326. The summed E-state index contributed by atoms with van der Waals surface area (Å²) < 4.78 is 0. The van der Waals surface area contributed by atoms with Crippen molar-refractivity contribution in [1.82, 2.24) is 0 Å². The van der Waals surface area contributed by atoms with Crippen LogP contribution in [-0.4, -0.2) is 22.4 Å². The van der Waals surface area contributed by atoms with Crippen LogP contribution in [0.2, 0.25) is 0 Å². The highest BCUT2D eigenvalue weighted by Gasteiger charge is 2.41. The zero-order valence-corrected chi connectivity index (χ0v) is 9.59. The van der Waals surface area contributed by atoms with Gasteiger partial charge < -0.3 is 10.2 Å². The molecule has 2 nitrogen and oxygen atoms in total. The fourth-order valence-corrected chi connectivity index (χ4v) is 1.54. The standard InChI is InChI=1S/C11H24O2/c1-6-11(5,13)10(3,4)9(2)7-8-12/h9,12-13H,6-8H2,1-5H3. The van der Waals surface area contributed by atoms with Crippen LogP contribution in [-0.2, 0) is 0 Å². The average molecular weight is 188 g/mol. The van der Waals surface area contributed by atoms with Gasteiger partial charge in [0.1, 0.15) is 0 Å². The molecule has 0 heterocycles. The Hall–Kier alpha value is -0.0800. The van der Waals surface area contributed by atoms with Crippen molar-refractivity contribution in [2.75, 3.05) is 6.61 Å². The van der Waals surface area contributed by atoms with Crippen molar-refractivity contribution in [3.63, 3.8) is 0 Å². The lowest BCUT2D eigenvalue weighted by atomic mass is 9.66. The SMILES string of the molecule is CCC(C)(O)C(C)(C)C(C)CCO. The minimum absolute atomic E-state index is 0.148. The molecule has 2 N–H and O–H groups in total. The third-order valence-corrected chi connectivity index (χ3v) is 3.87. The van der Waals surface area contributed by atoms with Gasteiger partial charge in [0, 0.05) is 6.61 Å². The molecule has 0 aliphatic carbocycles. The topological polar surface area (TPSA) is 40.5 Å². The quantitative estimate of drug-likeness (QED) is 0.694. The highest BCUT2D eigenvalue weighted by Crippen LogP contribution is 2.41. The van der Waals surface area contributed by atoms with Gasteiger partial charge in [0.05, 0.1) is 5.60 Å². The third kappa shape index (κ3) is 2.68. The van der Waals surface area contributed by atoms with Crippen molar-refractivity contribution in [3.05, 3.63) is 0 Å². The van der Waals surface area contributed by atoms with E-state index in [1.165, 1.54) is 0 Å². The zero-order chi connectivity index (χ0) is 10.7. The number of aliphatic hydroxyl groups excluding tert-OH is 1. The largest absolute Gasteiger partial charge is 0.396 e. The summed E-state index contributed by atoms with van der Waals surface area (Å²) in [6, 6.07) is 0. The molecular weight excluding hydrogens is 164 g/mol. The first-order chi connectivity index (χ1) is 5.79. The lowest BCUT2D eigenvalue weighted by Crippen LogP contribution is -2.45. The van der Waals surface area contributed by atoms with E-state index in [4.69, 9.17) is 5.11 Å². The molecule has 0 spiro atoms. The molecule has 80 valence electrons. The maximum Gasteiger partial charge on any atom is 0.0670 e. The predicted octanol–water partition coefficient (Wildman–Crippen LogP) is 2.19. The molecule has 0 radical (unpaired) electrons. The van der Waals surface area contributed by atoms with Gasteiger partial charge in [0.25, 0.3) is 0 Å². The third-order valence-electron chi connectivity index (χ3n) is 3.87. The van der Waals surface area contributed by atoms with Crippen molar-refractivity contribution in [1.29, 1.82) is 0 Å². The highest BCUT2D eigenvalue weighted by molar-refractivity contribution is 4.91. The van der Waals surface area contributed by atoms with Gasteiger partial charge in [-0.05, 0) is 31.1 Å². The highest BCUT2D eigenvalue weighted by atomic mass is 16.3. The van der Waals surface area contributed by atoms with E-state index in [9.17, 15) is 5.11 Å². The first kappa shape index (κ1) is 12.9. The van der Waals surface area contributed by atoms with Gasteiger partial charge in [-0.25, -0.2) is 0 Å². The molecule has 0 aliphatic heterocycles. The van der Waals surface area contributed by atoms with Crippen LogP contribution in [0, 0.1) is 11.3 Å². The summed E-state index contributed by atoms with van der Waals surface area (Å²) in [4.78, 5) is 0. The summed E-state index contributed by atoms with van der Waals surface area (Å²) in [5, 5.41) is 19.0. The Balaban J connectivity index is 4.53. The molecule has 0 aliphatic rings. The van der Waals surface area contributed by atoms with E-state index in [1.807, 2.05) is 13.8 Å². The Morgan fingerprint density at radius 1 is 1.23 bits per heavy atom. The van der Waals surface area contributed by atoms with Crippen molar-refractivity contribution >= 4 is 0 Å². The number of hydrogen-bond donors (Lipinski definition) is 2. The molecule has 0 amide bonds. The lowest BCUT2D eigenvalue weighted by Gasteiger charge is -2.44. The molecule has 0 aromatic rings. The second-order valence-corrected chi connectivity index (χ2v) is 4.76. The minimum Gasteiger partial charge on any atom is -0.396 e. The van der Waals surface area contributed by atoms with Crippen LogP contribution in [0.5, 0.6) is 0 Å². The molecule has 0 bridgehead atoms. The van der Waals surface area contributed by atoms with Gasteiger partial charge >= 0.3 is 0 Å². The monoisotopic (exact) mass is 188 g/mol. The Kier molecular flexibility index (Phi) is 4.40. The maximum absolute atomic E-state index is 10.2. The maximum atomic E-state index is 10.2. The van der Waals surface area contributed by atoms with Crippen LogP contribution < -0.4 is 0 Å². The van der Waals surface area contributed by atoms with E-state index in [-0.39, 0.29) is 12.0 Å². The van der Waals surface area contributed by atoms with Gasteiger partial charge in [0.2, 0.25) is 0 Å². The summed E-state index contributed by atoms with van der Waals surface area (Å²) in [6.07, 6.45) is 1.50. The molecule has 0 saturated heterocycles. The first-order valence-electron chi connectivity index (χ1n) is 5.12. The second-order valence-electron chi connectivity index (χ2n) is 4.76. The fraction of sp³-hybridized carbons (Fsp3) is 1.00. The number of aliphatic hydroxyl groups is 2. The van der Waals surface area contributed by atoms with Gasteiger partial charge in [-0.3, -0.25) is 0 Å². The summed E-state index contributed by atoms with van der Waals surface area (Å²) in [7, 11) is 0. The van der Waals surface area contributed by atoms with E-state index in [0.29, 0.717) is 5.92 Å². The molecule has 0 aromatic carbocycles. The second kappa shape index (κ2) is 4.43. The van der Waals surface area contributed by atoms with Gasteiger partial charge in [-0.2, -0.15) is 0 Å². The van der Waals surface area contributed by atoms with Crippen molar-refractivity contribution < 1.29 is 10.2 Å². The van der Waals surface area contributed by atoms with Gasteiger partial charge in [-0.15, -0.1) is 0 Å². The van der Waals surface area contributed by atoms with E-state index >= 15 is 0 Å². The normalized spacial score (nSPS) is 19.6. The molecule has 13 heavy (non-hydrogen) atoms. The fourth-order valence-electron chi connectivity index (χ4n) is 1.54. The van der Waals surface area contributed by atoms with Crippen LogP contribution in [0.25, 0.3) is 0 Å². The minimum atomic E-state index is -0.651. The van der Waals surface area contributed by atoms with E-state index < -0.39 is 5.60 Å². The van der Waals surface area contributed by atoms with Crippen LogP contribution in [0.3, 0.4) is 0 Å². The van der Waals surface area contributed by atoms with E-state index in [2.05, 4.69) is 20.8 Å². The first-order valence-corrected chi connectivity index (χ1v) is 5.12. The summed E-state index contributed by atoms with van der Waals surface area (Å²) in [5.41, 5.74) is -0.800. The van der Waals surface area contributed by atoms with Gasteiger partial charge in [-0.1, -0.05) is 27.7 Å². The molecule has 0 fully saturated rings. The zero-order valence-electron chi connectivity index (χ0n) is 9.59. The molecule has 0 aromatic heterocycles. The Labute approximate surface area is 82.0 Å². The van der Waals surface area contributed by atoms with Crippen LogP contribution in [0.1, 0.15) is 47.5 Å². The molecule has 2 heteroatoms. The van der Waals surface area contributed by atoms with Crippen molar-refractivity contribution in [3.8, 4) is 0 Å². The molecule has 0 saturated carbocycles. The molecule has 2 unspecified atom stereocenters. The smallest absolute Gasteiger partial charge is 0.0670 e. The summed E-state index contributed by atoms with van der Waals surface area (Å²) in [6.45, 7) is 10.3. The molecular formula is C11H24O2. The van der Waals surface area contributed by atoms with Crippen LogP contribution >= 0.6 is 0 Å². The lowest BCUT2D eigenvalue weighted by molar-refractivity contribution is -0.0855. The predicted molar refractivity (Wildman–Crippen MR) is 55.6 cm³/mol. The van der Waals surface area contributed by atoms with Crippen molar-refractivity contribution in [2.24, 2.45) is 11.3 Å². The Morgan fingerprint density at radius 3 is 2.00 bits per heavy atom. The van der Waals surface area contributed by atoms with E-state index in [1.54, 1.807) is 0 Å². The van der Waals surface area contributed by atoms with Crippen molar-refractivity contribution in [2.45, 2.75) is 53.1 Å². The number of rotatable bonds is 5. The van der Waals surface area contributed by atoms with Crippen LogP contribution in [0.4, 0.5) is 0 Å². The van der Waals surface area contributed by atoms with Crippen LogP contribution in [0.15, 0.2) is 0 Å². The Bertz CT molecular complexity index is 150. The summed E-state index contributed by atoms with van der Waals surface area (Å²) >= 11 is 0. The Morgan fingerprint density at radius 2 is 1.69 bits per heavy atom. The molecule has 0 rings (SSSR count). The number of hydrogen-bond acceptors (Lipinski definition) is 2. The molecule has 2 atom stereocenters. The van der Waals surface area contributed by atoms with Gasteiger partial charge in [0.15, 0.2) is 0 Å². The van der Waals surface area contributed by atoms with E-state index in [0.717, 1.165) is 12.8 Å². The average Bonchev–Trinajstić information content (AvgIpc) is 2.04.